The Balaban J connectivity index is 2.84. The molecule has 21 heavy (non-hydrogen) atoms. The number of pyridine rings is 1. The molecule has 1 rings (SSSR count). The first kappa shape index (κ1) is 17.3. The number of hydrogen-bond acceptors (Lipinski definition) is 5. The van der Waals surface area contributed by atoms with Crippen LogP contribution in [-0.4, -0.2) is 46.4 Å². The number of likely N-dealkylation sites (N-methyl/N-ethyl adjacent to an activating group) is 1. The lowest BCUT2D eigenvalue weighted by Crippen LogP contribution is -2.42. The molecule has 0 bridgehead atoms. The maximum atomic E-state index is 12.2. The number of carbonyl (C=O) groups is 1. The lowest BCUT2D eigenvalue weighted by Gasteiger charge is -2.23. The molecule has 1 aromatic heterocycles. The molecule has 0 radical (unpaired) electrons. The van der Waals surface area contributed by atoms with E-state index in [1.165, 1.54) is 6.07 Å². The number of hydrogen-bond donors (Lipinski definition) is 1. The second kappa shape index (κ2) is 7.90. The molecule has 1 aromatic rings. The number of nitro groups is 1. The minimum absolute atomic E-state index is 0.0437. The van der Waals surface area contributed by atoms with Crippen LogP contribution < -0.4 is 5.32 Å². The summed E-state index contributed by atoms with van der Waals surface area (Å²) in [6, 6.07) is 1.07. The third kappa shape index (κ3) is 4.95. The van der Waals surface area contributed by atoms with Crippen molar-refractivity contribution in [1.29, 1.82) is 0 Å². The molecule has 0 saturated carbocycles. The molecule has 0 spiro atoms. The first-order chi connectivity index (χ1) is 9.88. The van der Waals surface area contributed by atoms with Crippen molar-refractivity contribution in [3.8, 4) is 0 Å². The van der Waals surface area contributed by atoms with E-state index in [1.54, 1.807) is 0 Å². The molecular formula is C13H19ClN4O3. The van der Waals surface area contributed by atoms with Gasteiger partial charge in [0.15, 0.2) is 0 Å². The van der Waals surface area contributed by atoms with Crippen LogP contribution >= 0.6 is 11.6 Å². The van der Waals surface area contributed by atoms with E-state index >= 15 is 0 Å². The molecule has 1 amide bonds. The Labute approximate surface area is 128 Å². The van der Waals surface area contributed by atoms with Crippen molar-refractivity contribution >= 4 is 23.2 Å². The Morgan fingerprint density at radius 1 is 1.52 bits per heavy atom. The van der Waals surface area contributed by atoms with E-state index in [0.717, 1.165) is 19.3 Å². The van der Waals surface area contributed by atoms with E-state index in [-0.39, 0.29) is 22.4 Å². The SMILES string of the molecule is CCN(CC)CC(C)NC(=O)c1cc(Cl)ncc1[N+](=O)[O-]. The van der Waals surface area contributed by atoms with Crippen LogP contribution in [0.2, 0.25) is 5.15 Å². The molecule has 0 aliphatic carbocycles. The summed E-state index contributed by atoms with van der Waals surface area (Å²) in [5.74, 6) is -0.523. The summed E-state index contributed by atoms with van der Waals surface area (Å²) in [5, 5.41) is 13.7. The molecule has 1 unspecified atom stereocenters. The molecule has 0 aliphatic heterocycles. The third-order valence-corrected chi connectivity index (χ3v) is 3.30. The highest BCUT2D eigenvalue weighted by Gasteiger charge is 2.22. The van der Waals surface area contributed by atoms with Gasteiger partial charge in [-0.2, -0.15) is 0 Å². The van der Waals surface area contributed by atoms with Crippen molar-refractivity contribution in [1.82, 2.24) is 15.2 Å². The summed E-state index contributed by atoms with van der Waals surface area (Å²) in [7, 11) is 0. The van der Waals surface area contributed by atoms with E-state index in [2.05, 4.69) is 15.2 Å². The molecule has 1 heterocycles. The maximum absolute atomic E-state index is 12.2. The molecular weight excluding hydrogens is 296 g/mol. The summed E-state index contributed by atoms with van der Waals surface area (Å²) in [4.78, 5) is 28.2. The fourth-order valence-electron chi connectivity index (χ4n) is 1.97. The van der Waals surface area contributed by atoms with Gasteiger partial charge in [-0.05, 0) is 26.1 Å². The van der Waals surface area contributed by atoms with Crippen molar-refractivity contribution in [2.75, 3.05) is 19.6 Å². The number of nitrogens with one attached hydrogen (secondary N) is 1. The molecule has 0 fully saturated rings. The van der Waals surface area contributed by atoms with E-state index in [1.807, 2.05) is 20.8 Å². The van der Waals surface area contributed by atoms with Crippen molar-refractivity contribution < 1.29 is 9.72 Å². The van der Waals surface area contributed by atoms with E-state index in [4.69, 9.17) is 11.6 Å². The van der Waals surface area contributed by atoms with E-state index < -0.39 is 10.8 Å². The van der Waals surface area contributed by atoms with Gasteiger partial charge in [-0.3, -0.25) is 14.9 Å². The maximum Gasteiger partial charge on any atom is 0.300 e. The Morgan fingerprint density at radius 2 is 2.14 bits per heavy atom. The summed E-state index contributed by atoms with van der Waals surface area (Å²) in [6.45, 7) is 8.34. The quantitative estimate of drug-likeness (QED) is 0.473. The van der Waals surface area contributed by atoms with Crippen molar-refractivity contribution in [3.05, 3.63) is 33.1 Å². The van der Waals surface area contributed by atoms with Crippen LogP contribution in [0.3, 0.4) is 0 Å². The summed E-state index contributed by atoms with van der Waals surface area (Å²) in [6.07, 6.45) is 0.992. The third-order valence-electron chi connectivity index (χ3n) is 3.09. The summed E-state index contributed by atoms with van der Waals surface area (Å²) >= 11 is 5.71. The predicted octanol–water partition coefficient (Wildman–Crippen LogP) is 2.10. The van der Waals surface area contributed by atoms with Gasteiger partial charge in [-0.25, -0.2) is 4.98 Å². The van der Waals surface area contributed by atoms with Crippen molar-refractivity contribution in [3.63, 3.8) is 0 Å². The van der Waals surface area contributed by atoms with Crippen LogP contribution in [0.15, 0.2) is 12.3 Å². The number of amides is 1. The molecule has 0 saturated heterocycles. The van der Waals surface area contributed by atoms with Gasteiger partial charge in [-0.1, -0.05) is 25.4 Å². The molecule has 116 valence electrons. The monoisotopic (exact) mass is 314 g/mol. The summed E-state index contributed by atoms with van der Waals surface area (Å²) < 4.78 is 0. The van der Waals surface area contributed by atoms with Gasteiger partial charge in [0.2, 0.25) is 0 Å². The number of rotatable bonds is 7. The fraction of sp³-hybridized carbons (Fsp3) is 0.538. The Hall–Kier alpha value is -1.73. The molecule has 1 atom stereocenters. The first-order valence-corrected chi connectivity index (χ1v) is 7.09. The minimum atomic E-state index is -0.646. The van der Waals surface area contributed by atoms with Gasteiger partial charge in [0, 0.05) is 12.6 Å². The van der Waals surface area contributed by atoms with Crippen LogP contribution in [-0.2, 0) is 0 Å². The molecule has 0 aromatic carbocycles. The number of halogens is 1. The highest BCUT2D eigenvalue weighted by molar-refractivity contribution is 6.29. The van der Waals surface area contributed by atoms with Gasteiger partial charge < -0.3 is 10.2 Å². The van der Waals surface area contributed by atoms with Crippen molar-refractivity contribution in [2.45, 2.75) is 26.8 Å². The standard InChI is InChI=1S/C13H19ClN4O3/c1-4-17(5-2)8-9(3)16-13(19)10-6-12(14)15-7-11(10)18(20)21/h6-7,9H,4-5,8H2,1-3H3,(H,16,19). The second-order valence-corrected chi connectivity index (χ2v) is 5.03. The zero-order valence-electron chi connectivity index (χ0n) is 12.3. The lowest BCUT2D eigenvalue weighted by molar-refractivity contribution is -0.385. The van der Waals surface area contributed by atoms with Crippen LogP contribution in [0.1, 0.15) is 31.1 Å². The molecule has 8 heteroatoms. The lowest BCUT2D eigenvalue weighted by atomic mass is 10.2. The zero-order valence-corrected chi connectivity index (χ0v) is 13.1. The normalized spacial score (nSPS) is 12.2. The largest absolute Gasteiger partial charge is 0.348 e. The van der Waals surface area contributed by atoms with Crippen LogP contribution in [0.25, 0.3) is 0 Å². The van der Waals surface area contributed by atoms with Gasteiger partial charge in [-0.15, -0.1) is 0 Å². The average Bonchev–Trinajstić information content (AvgIpc) is 2.44. The van der Waals surface area contributed by atoms with Gasteiger partial charge in [0.25, 0.3) is 11.6 Å². The van der Waals surface area contributed by atoms with Crippen molar-refractivity contribution in [2.24, 2.45) is 0 Å². The van der Waals surface area contributed by atoms with E-state index in [0.29, 0.717) is 6.54 Å². The first-order valence-electron chi connectivity index (χ1n) is 6.72. The molecule has 7 nitrogen and oxygen atoms in total. The van der Waals surface area contributed by atoms with Crippen LogP contribution in [0.4, 0.5) is 5.69 Å². The summed E-state index contributed by atoms with van der Waals surface area (Å²) in [5.41, 5.74) is -0.432. The Kier molecular flexibility index (Phi) is 6.51. The number of carbonyl (C=O) groups excluding carboxylic acids is 1. The fourth-order valence-corrected chi connectivity index (χ4v) is 2.12. The van der Waals surface area contributed by atoms with Gasteiger partial charge in [0.05, 0.1) is 4.92 Å². The Morgan fingerprint density at radius 3 is 2.67 bits per heavy atom. The van der Waals surface area contributed by atoms with Crippen LogP contribution in [0, 0.1) is 10.1 Å². The molecule has 1 N–H and O–H groups in total. The molecule has 0 aliphatic rings. The second-order valence-electron chi connectivity index (χ2n) is 4.64. The highest BCUT2D eigenvalue weighted by Crippen LogP contribution is 2.20. The van der Waals surface area contributed by atoms with Gasteiger partial charge >= 0.3 is 0 Å². The average molecular weight is 315 g/mol. The highest BCUT2D eigenvalue weighted by atomic mass is 35.5. The smallest absolute Gasteiger partial charge is 0.300 e. The number of nitrogens with zero attached hydrogens (tertiary/aromatic N) is 3. The van der Waals surface area contributed by atoms with E-state index in [9.17, 15) is 14.9 Å². The minimum Gasteiger partial charge on any atom is -0.348 e. The number of aromatic nitrogens is 1. The predicted molar refractivity (Wildman–Crippen MR) is 80.6 cm³/mol. The topological polar surface area (TPSA) is 88.4 Å². The van der Waals surface area contributed by atoms with Crippen LogP contribution in [0.5, 0.6) is 0 Å². The van der Waals surface area contributed by atoms with Gasteiger partial charge in [0.1, 0.15) is 16.9 Å². The zero-order chi connectivity index (χ0) is 16.0. The Bertz CT molecular complexity index is 520.